The molecule has 34 heavy (non-hydrogen) atoms. The van der Waals surface area contributed by atoms with E-state index in [0.717, 1.165) is 73.8 Å². The third-order valence-electron chi connectivity index (χ3n) is 6.71. The predicted octanol–water partition coefficient (Wildman–Crippen LogP) is 4.71. The van der Waals surface area contributed by atoms with Crippen LogP contribution in [0.3, 0.4) is 0 Å². The van der Waals surface area contributed by atoms with Gasteiger partial charge in [0.2, 0.25) is 0 Å². The summed E-state index contributed by atoms with van der Waals surface area (Å²) in [4.78, 5) is 9.87. The summed E-state index contributed by atoms with van der Waals surface area (Å²) in [6.07, 6.45) is 2.23. The molecule has 178 valence electrons. The molecule has 0 saturated carbocycles. The Bertz CT molecular complexity index is 1080. The number of aliphatic imine (C=N–C) groups is 1. The fraction of sp³-hybridized carbons (Fsp3) is 0.385. The molecule has 5 rings (SSSR count). The molecule has 2 aromatic rings. The van der Waals surface area contributed by atoms with Crippen LogP contribution in [0.2, 0.25) is 10.0 Å². The fourth-order valence-corrected chi connectivity index (χ4v) is 5.40. The van der Waals surface area contributed by atoms with Crippen LogP contribution in [0.25, 0.3) is 6.08 Å². The van der Waals surface area contributed by atoms with E-state index < -0.39 is 0 Å². The van der Waals surface area contributed by atoms with Gasteiger partial charge in [0.25, 0.3) is 0 Å². The van der Waals surface area contributed by atoms with Gasteiger partial charge in [-0.25, -0.2) is 4.99 Å². The molecule has 5 nitrogen and oxygen atoms in total. The first-order valence-electron chi connectivity index (χ1n) is 11.7. The van der Waals surface area contributed by atoms with Crippen molar-refractivity contribution in [2.24, 2.45) is 10.9 Å². The van der Waals surface area contributed by atoms with E-state index in [2.05, 4.69) is 33.3 Å². The normalized spacial score (nSPS) is 25.1. The number of hydrogen-bond donors (Lipinski definition) is 1. The average Bonchev–Trinajstić information content (AvgIpc) is 2.85. The van der Waals surface area contributed by atoms with Crippen molar-refractivity contribution in [2.75, 3.05) is 52.5 Å². The molecular formula is C26H28Cl2N4OS. The van der Waals surface area contributed by atoms with Crippen LogP contribution >= 0.6 is 35.4 Å². The Hall–Kier alpha value is -1.80. The Morgan fingerprint density at radius 2 is 1.62 bits per heavy atom. The molecule has 0 radical (unpaired) electrons. The Balaban J connectivity index is 1.45. The summed E-state index contributed by atoms with van der Waals surface area (Å²) in [5.41, 5.74) is 4.58. The summed E-state index contributed by atoms with van der Waals surface area (Å²) in [5, 5.41) is 5.48. The molecule has 1 N–H and O–H groups in total. The number of likely N-dealkylation sites (tertiary alicyclic amines) is 1. The number of morpholine rings is 1. The van der Waals surface area contributed by atoms with Gasteiger partial charge in [-0.1, -0.05) is 47.5 Å². The maximum absolute atomic E-state index is 6.17. The molecule has 3 heterocycles. The van der Waals surface area contributed by atoms with Gasteiger partial charge in [-0.15, -0.1) is 0 Å². The minimum Gasteiger partial charge on any atom is -0.379 e. The number of halogens is 2. The van der Waals surface area contributed by atoms with E-state index in [9.17, 15) is 0 Å². The monoisotopic (exact) mass is 514 g/mol. The highest BCUT2D eigenvalue weighted by Crippen LogP contribution is 2.34. The first-order chi connectivity index (χ1) is 16.5. The second-order valence-corrected chi connectivity index (χ2v) is 10.3. The molecule has 0 amide bonds. The lowest BCUT2D eigenvalue weighted by Crippen LogP contribution is -2.53. The van der Waals surface area contributed by atoms with Gasteiger partial charge in [-0.2, -0.15) is 0 Å². The Kier molecular flexibility index (Phi) is 7.64. The number of piperidine rings is 1. The summed E-state index contributed by atoms with van der Waals surface area (Å²) in [6.45, 7) is 7.44. The number of fused-ring (bicyclic) bond motifs is 1. The largest absolute Gasteiger partial charge is 0.379 e. The second-order valence-electron chi connectivity index (χ2n) is 8.99. The highest BCUT2D eigenvalue weighted by atomic mass is 35.5. The van der Waals surface area contributed by atoms with Crippen LogP contribution in [0.1, 0.15) is 17.2 Å². The molecule has 3 aliphatic rings. The molecule has 0 bridgehead atoms. The van der Waals surface area contributed by atoms with E-state index in [0.29, 0.717) is 5.11 Å². The number of thiocarbonyl (C=S) groups is 1. The molecular weight excluding hydrogens is 487 g/mol. The molecule has 2 fully saturated rings. The fourth-order valence-electron chi connectivity index (χ4n) is 4.93. The number of nitrogens with one attached hydrogen (secondary N) is 1. The average molecular weight is 516 g/mol. The number of nitrogens with zero attached hydrogens (tertiary/aromatic N) is 3. The minimum absolute atomic E-state index is 0.0528. The predicted molar refractivity (Wildman–Crippen MR) is 144 cm³/mol. The Morgan fingerprint density at radius 3 is 2.32 bits per heavy atom. The SMILES string of the molecule is S=C1N=C2/C(=C/c3ccc(Cl)cc3)CN(CCN3CCOCC3)CC2C(c2ccc(Cl)cc2)N1. The number of benzene rings is 2. The maximum Gasteiger partial charge on any atom is 0.193 e. The molecule has 2 aromatic carbocycles. The van der Waals surface area contributed by atoms with Crippen molar-refractivity contribution in [2.45, 2.75) is 6.04 Å². The van der Waals surface area contributed by atoms with Crippen LogP contribution in [0.5, 0.6) is 0 Å². The summed E-state index contributed by atoms with van der Waals surface area (Å²) in [6, 6.07) is 16.1. The standard InChI is InChI=1S/C26H28Cl2N4OS/c27-21-5-1-18(2-6-21)15-20-16-32(10-9-31-11-13-33-14-12-31)17-23-24(29-26(34)30-25(20)23)19-3-7-22(28)8-4-19/h1-8,15,23-24H,9-14,16-17H2,(H,29,34)/b20-15+. The summed E-state index contributed by atoms with van der Waals surface area (Å²) in [7, 11) is 0. The van der Waals surface area contributed by atoms with E-state index in [4.69, 9.17) is 45.1 Å². The van der Waals surface area contributed by atoms with Crippen molar-refractivity contribution in [3.05, 3.63) is 75.3 Å². The third kappa shape index (κ3) is 5.70. The molecule has 2 saturated heterocycles. The molecule has 0 aliphatic carbocycles. The first-order valence-corrected chi connectivity index (χ1v) is 12.8. The van der Waals surface area contributed by atoms with Gasteiger partial charge >= 0.3 is 0 Å². The van der Waals surface area contributed by atoms with Gasteiger partial charge < -0.3 is 10.1 Å². The molecule has 8 heteroatoms. The van der Waals surface area contributed by atoms with Crippen LogP contribution in [-0.2, 0) is 4.74 Å². The lowest BCUT2D eigenvalue weighted by Gasteiger charge is -2.43. The number of ether oxygens (including phenoxy) is 1. The van der Waals surface area contributed by atoms with Crippen LogP contribution in [0.15, 0.2) is 59.1 Å². The lowest BCUT2D eigenvalue weighted by molar-refractivity contribution is 0.0330. The molecule has 0 aromatic heterocycles. The summed E-state index contributed by atoms with van der Waals surface area (Å²) >= 11 is 17.9. The van der Waals surface area contributed by atoms with Gasteiger partial charge in [0, 0.05) is 55.2 Å². The highest BCUT2D eigenvalue weighted by molar-refractivity contribution is 7.80. The van der Waals surface area contributed by atoms with Crippen LogP contribution in [0.4, 0.5) is 0 Å². The molecule has 2 unspecified atom stereocenters. The zero-order chi connectivity index (χ0) is 23.5. The van der Waals surface area contributed by atoms with E-state index in [-0.39, 0.29) is 12.0 Å². The topological polar surface area (TPSA) is 40.1 Å². The maximum atomic E-state index is 6.17. The minimum atomic E-state index is 0.0528. The summed E-state index contributed by atoms with van der Waals surface area (Å²) < 4.78 is 5.52. The van der Waals surface area contributed by atoms with Gasteiger partial charge in [0.1, 0.15) is 0 Å². The summed E-state index contributed by atoms with van der Waals surface area (Å²) in [5.74, 6) is 0.185. The van der Waals surface area contributed by atoms with Crippen molar-refractivity contribution in [1.29, 1.82) is 0 Å². The van der Waals surface area contributed by atoms with Crippen molar-refractivity contribution >= 4 is 52.3 Å². The van der Waals surface area contributed by atoms with Crippen molar-refractivity contribution < 1.29 is 4.74 Å². The third-order valence-corrected chi connectivity index (χ3v) is 7.42. The quantitative estimate of drug-likeness (QED) is 0.585. The van der Waals surface area contributed by atoms with E-state index in [1.165, 1.54) is 11.1 Å². The van der Waals surface area contributed by atoms with Gasteiger partial charge in [-0.3, -0.25) is 9.80 Å². The molecule has 2 atom stereocenters. The van der Waals surface area contributed by atoms with Gasteiger partial charge in [0.15, 0.2) is 5.11 Å². The first kappa shape index (κ1) is 23.9. The number of hydrogen-bond acceptors (Lipinski definition) is 4. The van der Waals surface area contributed by atoms with E-state index >= 15 is 0 Å². The van der Waals surface area contributed by atoms with Crippen LogP contribution in [-0.4, -0.2) is 73.1 Å². The van der Waals surface area contributed by atoms with Crippen LogP contribution in [0, 0.1) is 5.92 Å². The van der Waals surface area contributed by atoms with Gasteiger partial charge in [-0.05, 0) is 59.3 Å². The van der Waals surface area contributed by atoms with E-state index in [1.54, 1.807) is 0 Å². The zero-order valence-corrected chi connectivity index (χ0v) is 21.3. The van der Waals surface area contributed by atoms with Crippen molar-refractivity contribution in [1.82, 2.24) is 15.1 Å². The highest BCUT2D eigenvalue weighted by Gasteiger charge is 2.38. The Labute approximate surface area is 216 Å². The smallest absolute Gasteiger partial charge is 0.193 e. The van der Waals surface area contributed by atoms with Gasteiger partial charge in [0.05, 0.1) is 25.0 Å². The molecule has 3 aliphatic heterocycles. The van der Waals surface area contributed by atoms with E-state index in [1.807, 2.05) is 36.4 Å². The lowest BCUT2D eigenvalue weighted by atomic mass is 9.81. The second kappa shape index (κ2) is 10.9. The Morgan fingerprint density at radius 1 is 0.971 bits per heavy atom. The molecule has 0 spiro atoms. The van der Waals surface area contributed by atoms with Crippen molar-refractivity contribution in [3.8, 4) is 0 Å². The number of rotatable bonds is 5. The van der Waals surface area contributed by atoms with Crippen molar-refractivity contribution in [3.63, 3.8) is 0 Å². The zero-order valence-electron chi connectivity index (χ0n) is 18.9. The van der Waals surface area contributed by atoms with Crippen LogP contribution < -0.4 is 5.32 Å².